The van der Waals surface area contributed by atoms with Crippen LogP contribution < -0.4 is 5.32 Å². The first-order chi connectivity index (χ1) is 8.22. The predicted octanol–water partition coefficient (Wildman–Crippen LogP) is 2.97. The first-order valence-electron chi connectivity index (χ1n) is 6.92. The van der Waals surface area contributed by atoms with Crippen LogP contribution in [0.25, 0.3) is 0 Å². The van der Waals surface area contributed by atoms with Crippen molar-refractivity contribution in [3.05, 3.63) is 23.8 Å². The van der Waals surface area contributed by atoms with Crippen LogP contribution in [-0.2, 0) is 0 Å². The standard InChI is InChI=1S/C15H28N2/c1-4-5-6-10-16-15-8-12-17(13-9-15)11-7-14(2)3/h4-5,7,15-16H,6,8-13H2,1-3H3/b5-4+. The summed E-state index contributed by atoms with van der Waals surface area (Å²) in [6, 6.07) is 0.739. The summed E-state index contributed by atoms with van der Waals surface area (Å²) in [6.07, 6.45) is 10.5. The Balaban J connectivity index is 2.11. The zero-order valence-corrected chi connectivity index (χ0v) is 11.7. The molecule has 1 heterocycles. The molecule has 0 aromatic heterocycles. The smallest absolute Gasteiger partial charge is 0.0165 e. The second-order valence-corrected chi connectivity index (χ2v) is 5.17. The van der Waals surface area contributed by atoms with Crippen molar-refractivity contribution >= 4 is 0 Å². The highest BCUT2D eigenvalue weighted by atomic mass is 15.1. The van der Waals surface area contributed by atoms with Crippen LogP contribution in [0.1, 0.15) is 40.0 Å². The van der Waals surface area contributed by atoms with Crippen molar-refractivity contribution in [1.29, 1.82) is 0 Å². The molecule has 1 fully saturated rings. The molecular weight excluding hydrogens is 208 g/mol. The van der Waals surface area contributed by atoms with E-state index in [9.17, 15) is 0 Å². The second kappa shape index (κ2) is 8.48. The molecule has 2 heteroatoms. The number of likely N-dealkylation sites (tertiary alicyclic amines) is 1. The monoisotopic (exact) mass is 236 g/mol. The Hall–Kier alpha value is -0.600. The zero-order chi connectivity index (χ0) is 12.5. The Morgan fingerprint density at radius 1 is 1.29 bits per heavy atom. The molecule has 0 radical (unpaired) electrons. The quantitative estimate of drug-likeness (QED) is 0.563. The summed E-state index contributed by atoms with van der Waals surface area (Å²) in [7, 11) is 0. The summed E-state index contributed by atoms with van der Waals surface area (Å²) in [5, 5.41) is 3.65. The van der Waals surface area contributed by atoms with Gasteiger partial charge in [-0.2, -0.15) is 0 Å². The second-order valence-electron chi connectivity index (χ2n) is 5.17. The molecule has 0 aromatic rings. The van der Waals surface area contributed by atoms with Gasteiger partial charge in [0.25, 0.3) is 0 Å². The molecule has 1 N–H and O–H groups in total. The molecule has 0 saturated carbocycles. The molecule has 1 saturated heterocycles. The summed E-state index contributed by atoms with van der Waals surface area (Å²) in [6.45, 7) is 11.2. The van der Waals surface area contributed by atoms with Gasteiger partial charge >= 0.3 is 0 Å². The number of nitrogens with one attached hydrogen (secondary N) is 1. The molecule has 0 spiro atoms. The van der Waals surface area contributed by atoms with E-state index >= 15 is 0 Å². The highest BCUT2D eigenvalue weighted by molar-refractivity contribution is 4.95. The first kappa shape index (κ1) is 14.5. The van der Waals surface area contributed by atoms with Gasteiger partial charge in [0, 0.05) is 12.6 Å². The molecule has 0 aliphatic carbocycles. The summed E-state index contributed by atoms with van der Waals surface area (Å²) < 4.78 is 0. The first-order valence-corrected chi connectivity index (χ1v) is 6.92. The Morgan fingerprint density at radius 3 is 2.59 bits per heavy atom. The molecule has 0 atom stereocenters. The lowest BCUT2D eigenvalue weighted by Gasteiger charge is -2.31. The minimum Gasteiger partial charge on any atom is -0.314 e. The molecule has 2 nitrogen and oxygen atoms in total. The summed E-state index contributed by atoms with van der Waals surface area (Å²) in [5.41, 5.74) is 1.43. The van der Waals surface area contributed by atoms with E-state index in [1.165, 1.54) is 31.5 Å². The number of rotatable bonds is 6. The third-order valence-electron chi connectivity index (χ3n) is 3.33. The van der Waals surface area contributed by atoms with Crippen molar-refractivity contribution in [3.8, 4) is 0 Å². The molecule has 98 valence electrons. The van der Waals surface area contributed by atoms with Crippen molar-refractivity contribution in [2.75, 3.05) is 26.2 Å². The van der Waals surface area contributed by atoms with Gasteiger partial charge in [-0.15, -0.1) is 0 Å². The average molecular weight is 236 g/mol. The van der Waals surface area contributed by atoms with Gasteiger partial charge in [-0.05, 0) is 59.7 Å². The molecule has 1 aliphatic heterocycles. The highest BCUT2D eigenvalue weighted by Gasteiger charge is 2.17. The largest absolute Gasteiger partial charge is 0.314 e. The summed E-state index contributed by atoms with van der Waals surface area (Å²) >= 11 is 0. The lowest BCUT2D eigenvalue weighted by atomic mass is 10.0. The molecule has 0 unspecified atom stereocenters. The molecule has 1 rings (SSSR count). The molecule has 0 aromatic carbocycles. The molecule has 17 heavy (non-hydrogen) atoms. The zero-order valence-electron chi connectivity index (χ0n) is 11.7. The third-order valence-corrected chi connectivity index (χ3v) is 3.33. The van der Waals surface area contributed by atoms with Crippen LogP contribution in [0.15, 0.2) is 23.8 Å². The lowest BCUT2D eigenvalue weighted by Crippen LogP contribution is -2.42. The van der Waals surface area contributed by atoms with Gasteiger partial charge in [-0.25, -0.2) is 0 Å². The van der Waals surface area contributed by atoms with E-state index in [2.05, 4.69) is 49.2 Å². The predicted molar refractivity (Wildman–Crippen MR) is 76.3 cm³/mol. The summed E-state index contributed by atoms with van der Waals surface area (Å²) in [4.78, 5) is 2.55. The molecule has 0 amide bonds. The normalized spacial score (nSPS) is 18.8. The number of hydrogen-bond acceptors (Lipinski definition) is 2. The minimum absolute atomic E-state index is 0.739. The van der Waals surface area contributed by atoms with E-state index in [-0.39, 0.29) is 0 Å². The topological polar surface area (TPSA) is 15.3 Å². The van der Waals surface area contributed by atoms with Gasteiger partial charge in [-0.3, -0.25) is 4.90 Å². The number of nitrogens with zero attached hydrogens (tertiary/aromatic N) is 1. The van der Waals surface area contributed by atoms with Crippen LogP contribution in [0, 0.1) is 0 Å². The number of hydrogen-bond donors (Lipinski definition) is 1. The average Bonchev–Trinajstić information content (AvgIpc) is 2.33. The van der Waals surface area contributed by atoms with Gasteiger partial charge in [-0.1, -0.05) is 23.8 Å². The van der Waals surface area contributed by atoms with Crippen molar-refractivity contribution in [3.63, 3.8) is 0 Å². The Kier molecular flexibility index (Phi) is 7.22. The third kappa shape index (κ3) is 6.64. The van der Waals surface area contributed by atoms with Crippen LogP contribution in [0.3, 0.4) is 0 Å². The summed E-state index contributed by atoms with van der Waals surface area (Å²) in [5.74, 6) is 0. The van der Waals surface area contributed by atoms with Crippen LogP contribution >= 0.6 is 0 Å². The van der Waals surface area contributed by atoms with Gasteiger partial charge in [0.15, 0.2) is 0 Å². The molecule has 1 aliphatic rings. The van der Waals surface area contributed by atoms with E-state index in [0.717, 1.165) is 25.6 Å². The Morgan fingerprint density at radius 2 is 2.00 bits per heavy atom. The van der Waals surface area contributed by atoms with Gasteiger partial charge in [0.2, 0.25) is 0 Å². The van der Waals surface area contributed by atoms with E-state index in [0.29, 0.717) is 0 Å². The SMILES string of the molecule is C/C=C/CCNC1CCN(CC=C(C)C)CC1. The van der Waals surface area contributed by atoms with Gasteiger partial charge < -0.3 is 5.32 Å². The van der Waals surface area contributed by atoms with E-state index in [4.69, 9.17) is 0 Å². The maximum atomic E-state index is 3.65. The fraction of sp³-hybridized carbons (Fsp3) is 0.733. The van der Waals surface area contributed by atoms with E-state index in [1.807, 2.05) is 0 Å². The van der Waals surface area contributed by atoms with Crippen molar-refractivity contribution < 1.29 is 0 Å². The Bertz CT molecular complexity index is 244. The van der Waals surface area contributed by atoms with Crippen LogP contribution in [0.5, 0.6) is 0 Å². The highest BCUT2D eigenvalue weighted by Crippen LogP contribution is 2.10. The van der Waals surface area contributed by atoms with Gasteiger partial charge in [0.05, 0.1) is 0 Å². The maximum absolute atomic E-state index is 3.65. The van der Waals surface area contributed by atoms with E-state index in [1.54, 1.807) is 0 Å². The maximum Gasteiger partial charge on any atom is 0.0165 e. The van der Waals surface area contributed by atoms with Crippen LogP contribution in [0.4, 0.5) is 0 Å². The molecular formula is C15H28N2. The van der Waals surface area contributed by atoms with Crippen molar-refractivity contribution in [1.82, 2.24) is 10.2 Å². The molecule has 0 bridgehead atoms. The van der Waals surface area contributed by atoms with Crippen LogP contribution in [0.2, 0.25) is 0 Å². The minimum atomic E-state index is 0.739. The lowest BCUT2D eigenvalue weighted by molar-refractivity contribution is 0.215. The Labute approximate surface area is 107 Å². The van der Waals surface area contributed by atoms with Gasteiger partial charge in [0.1, 0.15) is 0 Å². The van der Waals surface area contributed by atoms with Crippen molar-refractivity contribution in [2.45, 2.75) is 46.1 Å². The fourth-order valence-corrected chi connectivity index (χ4v) is 2.17. The van der Waals surface area contributed by atoms with Crippen molar-refractivity contribution in [2.24, 2.45) is 0 Å². The van der Waals surface area contributed by atoms with Crippen LogP contribution in [-0.4, -0.2) is 37.1 Å². The number of piperidine rings is 1. The fourth-order valence-electron chi connectivity index (χ4n) is 2.17. The number of allylic oxidation sites excluding steroid dienone is 2. The van der Waals surface area contributed by atoms with E-state index < -0.39 is 0 Å².